The Hall–Kier alpha value is -1.36. The number of nitrogens with one attached hydrogen (secondary N) is 1. The predicted molar refractivity (Wildman–Crippen MR) is 71.9 cm³/mol. The van der Waals surface area contributed by atoms with Gasteiger partial charge in [0.2, 0.25) is 0 Å². The number of hydrogen-bond donors (Lipinski definition) is 2. The molecule has 5 heteroatoms. The molecule has 0 aliphatic rings. The van der Waals surface area contributed by atoms with Gasteiger partial charge < -0.3 is 16.0 Å². The van der Waals surface area contributed by atoms with Crippen LogP contribution in [0.3, 0.4) is 0 Å². The molecule has 0 spiro atoms. The third kappa shape index (κ3) is 5.49. The molecule has 0 amide bonds. The zero-order valence-corrected chi connectivity index (χ0v) is 11.1. The van der Waals surface area contributed by atoms with E-state index in [4.69, 9.17) is 5.73 Å². The molecular formula is C12H23N5. The fourth-order valence-electron chi connectivity index (χ4n) is 1.81. The summed E-state index contributed by atoms with van der Waals surface area (Å²) in [6.45, 7) is 5.42. The van der Waals surface area contributed by atoms with Gasteiger partial charge in [0.15, 0.2) is 0 Å². The molecule has 1 aromatic rings. The number of nitrogens with two attached hydrogens (primary N) is 1. The zero-order chi connectivity index (χ0) is 12.8. The highest BCUT2D eigenvalue weighted by atomic mass is 15.1. The summed E-state index contributed by atoms with van der Waals surface area (Å²) < 4.78 is 0. The Bertz CT molecular complexity index is 310. The maximum Gasteiger partial charge on any atom is 0.144 e. The van der Waals surface area contributed by atoms with Gasteiger partial charge in [0.05, 0.1) is 12.4 Å². The van der Waals surface area contributed by atoms with E-state index in [2.05, 4.69) is 48.1 Å². The Morgan fingerprint density at radius 2 is 2.00 bits per heavy atom. The van der Waals surface area contributed by atoms with Gasteiger partial charge in [0.25, 0.3) is 0 Å². The van der Waals surface area contributed by atoms with Crippen LogP contribution < -0.4 is 11.1 Å². The quantitative estimate of drug-likeness (QED) is 0.784. The van der Waals surface area contributed by atoms with E-state index in [0.29, 0.717) is 17.8 Å². The molecule has 1 atom stereocenters. The molecule has 5 nitrogen and oxygen atoms in total. The lowest BCUT2D eigenvalue weighted by molar-refractivity contribution is 0.356. The fourth-order valence-corrected chi connectivity index (χ4v) is 1.81. The third-order valence-electron chi connectivity index (χ3n) is 2.37. The summed E-state index contributed by atoms with van der Waals surface area (Å²) in [4.78, 5) is 10.4. The summed E-state index contributed by atoms with van der Waals surface area (Å²) in [5.74, 6) is 1.88. The standard InChI is InChI=1S/C12H23N5/c1-9(2)5-10(8-17(3)4)16-12-7-14-11(13)6-15-12/h6-7,9-10H,5,8H2,1-4H3,(H2,13,14)(H,15,16). The zero-order valence-electron chi connectivity index (χ0n) is 11.1. The van der Waals surface area contributed by atoms with Crippen molar-refractivity contribution in [3.05, 3.63) is 12.4 Å². The number of likely N-dealkylation sites (N-methyl/N-ethyl adjacent to an activating group) is 1. The van der Waals surface area contributed by atoms with Gasteiger partial charge >= 0.3 is 0 Å². The van der Waals surface area contributed by atoms with Gasteiger partial charge in [-0.1, -0.05) is 13.8 Å². The van der Waals surface area contributed by atoms with Crippen molar-refractivity contribution < 1.29 is 0 Å². The van der Waals surface area contributed by atoms with E-state index in [1.807, 2.05) is 0 Å². The molecule has 0 aliphatic heterocycles. The Labute approximate surface area is 103 Å². The summed E-state index contributed by atoms with van der Waals surface area (Å²) in [5, 5.41) is 3.40. The van der Waals surface area contributed by atoms with E-state index in [0.717, 1.165) is 18.8 Å². The predicted octanol–water partition coefficient (Wildman–Crippen LogP) is 1.45. The van der Waals surface area contributed by atoms with Crippen LogP contribution in [0.1, 0.15) is 20.3 Å². The second kappa shape index (κ2) is 6.39. The van der Waals surface area contributed by atoms with E-state index in [1.165, 1.54) is 0 Å². The van der Waals surface area contributed by atoms with E-state index < -0.39 is 0 Å². The Morgan fingerprint density at radius 3 is 2.47 bits per heavy atom. The van der Waals surface area contributed by atoms with Crippen LogP contribution in [-0.2, 0) is 0 Å². The summed E-state index contributed by atoms with van der Waals surface area (Å²) in [5.41, 5.74) is 5.51. The van der Waals surface area contributed by atoms with Crippen LogP contribution in [0.5, 0.6) is 0 Å². The molecule has 1 aromatic heterocycles. The molecule has 0 radical (unpaired) electrons. The van der Waals surface area contributed by atoms with Crippen LogP contribution in [-0.4, -0.2) is 41.5 Å². The highest BCUT2D eigenvalue weighted by Gasteiger charge is 2.12. The smallest absolute Gasteiger partial charge is 0.144 e. The molecule has 0 saturated heterocycles. The third-order valence-corrected chi connectivity index (χ3v) is 2.37. The van der Waals surface area contributed by atoms with Crippen molar-refractivity contribution >= 4 is 11.6 Å². The van der Waals surface area contributed by atoms with Crippen LogP contribution in [0.2, 0.25) is 0 Å². The van der Waals surface area contributed by atoms with Crippen molar-refractivity contribution in [3.63, 3.8) is 0 Å². The lowest BCUT2D eigenvalue weighted by Gasteiger charge is -2.24. The summed E-state index contributed by atoms with van der Waals surface area (Å²) in [7, 11) is 4.15. The number of aromatic nitrogens is 2. The van der Waals surface area contributed by atoms with Crippen LogP contribution in [0.25, 0.3) is 0 Å². The van der Waals surface area contributed by atoms with Crippen LogP contribution in [0.15, 0.2) is 12.4 Å². The molecule has 0 aromatic carbocycles. The molecule has 1 unspecified atom stereocenters. The van der Waals surface area contributed by atoms with Gasteiger partial charge in [-0.2, -0.15) is 0 Å². The summed E-state index contributed by atoms with van der Waals surface area (Å²) >= 11 is 0. The van der Waals surface area contributed by atoms with E-state index in [1.54, 1.807) is 12.4 Å². The molecular weight excluding hydrogens is 214 g/mol. The van der Waals surface area contributed by atoms with Gasteiger partial charge in [-0.3, -0.25) is 0 Å². The average molecular weight is 237 g/mol. The monoisotopic (exact) mass is 237 g/mol. The number of rotatable bonds is 6. The van der Waals surface area contributed by atoms with Gasteiger partial charge in [-0.05, 0) is 26.4 Å². The van der Waals surface area contributed by atoms with Crippen molar-refractivity contribution in [2.24, 2.45) is 5.92 Å². The Morgan fingerprint density at radius 1 is 1.29 bits per heavy atom. The normalized spacial score (nSPS) is 13.1. The first-order valence-electron chi connectivity index (χ1n) is 5.96. The topological polar surface area (TPSA) is 67.1 Å². The SMILES string of the molecule is CC(C)CC(CN(C)C)Nc1cnc(N)cn1. The lowest BCUT2D eigenvalue weighted by Crippen LogP contribution is -2.33. The Kier molecular flexibility index (Phi) is 5.15. The first kappa shape index (κ1) is 13.7. The second-order valence-corrected chi connectivity index (χ2v) is 5.06. The van der Waals surface area contributed by atoms with E-state index in [-0.39, 0.29) is 0 Å². The van der Waals surface area contributed by atoms with Crippen molar-refractivity contribution in [2.45, 2.75) is 26.3 Å². The second-order valence-electron chi connectivity index (χ2n) is 5.06. The van der Waals surface area contributed by atoms with Gasteiger partial charge in [0, 0.05) is 12.6 Å². The molecule has 0 fully saturated rings. The minimum absolute atomic E-state index is 0.378. The molecule has 96 valence electrons. The molecule has 1 heterocycles. The molecule has 3 N–H and O–H groups in total. The fraction of sp³-hybridized carbons (Fsp3) is 0.667. The summed E-state index contributed by atoms with van der Waals surface area (Å²) in [6, 6.07) is 0.378. The van der Waals surface area contributed by atoms with Crippen LogP contribution in [0.4, 0.5) is 11.6 Å². The minimum atomic E-state index is 0.378. The largest absolute Gasteiger partial charge is 0.382 e. The highest BCUT2D eigenvalue weighted by molar-refractivity contribution is 5.36. The van der Waals surface area contributed by atoms with Gasteiger partial charge in [-0.25, -0.2) is 9.97 Å². The van der Waals surface area contributed by atoms with Crippen molar-refractivity contribution in [3.8, 4) is 0 Å². The van der Waals surface area contributed by atoms with E-state index >= 15 is 0 Å². The number of nitrogen functional groups attached to an aromatic ring is 1. The van der Waals surface area contributed by atoms with Gasteiger partial charge in [0.1, 0.15) is 11.6 Å². The number of hydrogen-bond acceptors (Lipinski definition) is 5. The maximum absolute atomic E-state index is 5.51. The average Bonchev–Trinajstić information content (AvgIpc) is 2.19. The maximum atomic E-state index is 5.51. The first-order valence-corrected chi connectivity index (χ1v) is 5.96. The molecule has 17 heavy (non-hydrogen) atoms. The molecule has 0 saturated carbocycles. The number of nitrogens with zero attached hydrogens (tertiary/aromatic N) is 3. The lowest BCUT2D eigenvalue weighted by atomic mass is 10.0. The molecule has 1 rings (SSSR count). The van der Waals surface area contributed by atoms with E-state index in [9.17, 15) is 0 Å². The minimum Gasteiger partial charge on any atom is -0.382 e. The van der Waals surface area contributed by atoms with Gasteiger partial charge in [-0.15, -0.1) is 0 Å². The van der Waals surface area contributed by atoms with Crippen LogP contribution >= 0.6 is 0 Å². The highest BCUT2D eigenvalue weighted by Crippen LogP contribution is 2.11. The number of anilines is 2. The molecule has 0 aliphatic carbocycles. The Balaban J connectivity index is 2.61. The van der Waals surface area contributed by atoms with Crippen molar-refractivity contribution in [1.82, 2.24) is 14.9 Å². The molecule has 0 bridgehead atoms. The van der Waals surface area contributed by atoms with Crippen molar-refractivity contribution in [1.29, 1.82) is 0 Å². The first-order chi connectivity index (χ1) is 7.97. The summed E-state index contributed by atoms with van der Waals surface area (Å²) in [6.07, 6.45) is 4.35. The van der Waals surface area contributed by atoms with Crippen molar-refractivity contribution in [2.75, 3.05) is 31.7 Å². The van der Waals surface area contributed by atoms with Crippen LogP contribution in [0, 0.1) is 5.92 Å².